The highest BCUT2D eigenvalue weighted by atomic mass is 16.8. The topological polar surface area (TPSA) is 54.0 Å². The normalized spacial score (nSPS) is 26.6. The molecule has 5 nitrogen and oxygen atoms in total. The third-order valence-corrected chi connectivity index (χ3v) is 2.19. The first-order valence-corrected chi connectivity index (χ1v) is 4.17. The zero-order valence-electron chi connectivity index (χ0n) is 8.53. The molecule has 1 fully saturated rings. The molecule has 1 saturated heterocycles. The summed E-state index contributed by atoms with van der Waals surface area (Å²) < 4.78 is 19.7. The molecule has 0 aromatic rings. The van der Waals surface area contributed by atoms with Gasteiger partial charge in [-0.05, 0) is 6.92 Å². The number of carbonyl (C=O) groups excluding carboxylic acids is 1. The van der Waals surface area contributed by atoms with Crippen LogP contribution in [-0.2, 0) is 18.9 Å². The Morgan fingerprint density at radius 1 is 1.50 bits per heavy atom. The Labute approximate surface area is 82.6 Å². The molecule has 0 amide bonds. The van der Waals surface area contributed by atoms with E-state index in [9.17, 15) is 4.79 Å². The van der Waals surface area contributed by atoms with Crippen molar-refractivity contribution < 1.29 is 23.7 Å². The minimum absolute atomic E-state index is 0.279. The molecule has 0 radical (unpaired) electrons. The highest BCUT2D eigenvalue weighted by Gasteiger charge is 2.44. The van der Waals surface area contributed by atoms with E-state index in [4.69, 9.17) is 18.9 Å². The van der Waals surface area contributed by atoms with Gasteiger partial charge in [-0.1, -0.05) is 6.58 Å². The number of hydrogen-bond acceptors (Lipinski definition) is 5. The number of carbonyl (C=O) groups is 1. The molecule has 1 aliphatic heterocycles. The van der Waals surface area contributed by atoms with E-state index in [1.165, 1.54) is 14.2 Å². The maximum Gasteiger partial charge on any atom is 0.514 e. The molecule has 0 aliphatic carbocycles. The second-order valence-corrected chi connectivity index (χ2v) is 3.21. The molecule has 5 heteroatoms. The molecular weight excluding hydrogens is 188 g/mol. The van der Waals surface area contributed by atoms with Crippen LogP contribution in [-0.4, -0.2) is 32.3 Å². The monoisotopic (exact) mass is 202 g/mol. The molecule has 14 heavy (non-hydrogen) atoms. The van der Waals surface area contributed by atoms with E-state index < -0.39 is 18.0 Å². The second-order valence-electron chi connectivity index (χ2n) is 3.21. The van der Waals surface area contributed by atoms with E-state index in [1.54, 1.807) is 6.92 Å². The van der Waals surface area contributed by atoms with Crippen LogP contribution in [0.4, 0.5) is 4.79 Å². The molecule has 0 aromatic carbocycles. The van der Waals surface area contributed by atoms with Crippen LogP contribution in [0, 0.1) is 0 Å². The lowest BCUT2D eigenvalue weighted by Crippen LogP contribution is -2.32. The average Bonchev–Trinajstić information content (AvgIpc) is 2.37. The van der Waals surface area contributed by atoms with Crippen LogP contribution < -0.4 is 0 Å². The van der Waals surface area contributed by atoms with Crippen LogP contribution in [0.5, 0.6) is 0 Å². The molecule has 0 saturated carbocycles. The van der Waals surface area contributed by atoms with Crippen molar-refractivity contribution in [3.63, 3.8) is 0 Å². The third kappa shape index (κ3) is 2.05. The van der Waals surface area contributed by atoms with Crippen molar-refractivity contribution in [3.05, 3.63) is 12.3 Å². The molecule has 1 rings (SSSR count). The van der Waals surface area contributed by atoms with Gasteiger partial charge in [0.25, 0.3) is 0 Å². The molecule has 0 aromatic heterocycles. The Hall–Kier alpha value is -1.07. The lowest BCUT2D eigenvalue weighted by molar-refractivity contribution is -0.130. The van der Waals surface area contributed by atoms with Crippen LogP contribution in [0.1, 0.15) is 13.3 Å². The first-order chi connectivity index (χ1) is 6.51. The van der Waals surface area contributed by atoms with Crippen LogP contribution in [0.15, 0.2) is 12.3 Å². The number of cyclic esters (lactones) is 2. The molecule has 0 N–H and O–H groups in total. The number of hydrogen-bond donors (Lipinski definition) is 0. The molecule has 1 aliphatic rings. The van der Waals surface area contributed by atoms with Crippen molar-refractivity contribution in [2.45, 2.75) is 25.2 Å². The lowest BCUT2D eigenvalue weighted by Gasteiger charge is -2.24. The number of ether oxygens (including phenoxy) is 4. The number of methoxy groups -OCH3 is 2. The maximum absolute atomic E-state index is 10.8. The van der Waals surface area contributed by atoms with Crippen molar-refractivity contribution in [1.29, 1.82) is 0 Å². The SMILES string of the molecule is C=C1OC(=O)OC1(C)CC(OC)OC. The minimum atomic E-state index is -0.867. The predicted molar refractivity (Wildman–Crippen MR) is 47.5 cm³/mol. The second kappa shape index (κ2) is 3.98. The van der Waals surface area contributed by atoms with Crippen LogP contribution in [0.2, 0.25) is 0 Å². The van der Waals surface area contributed by atoms with Crippen molar-refractivity contribution in [3.8, 4) is 0 Å². The van der Waals surface area contributed by atoms with E-state index in [0.29, 0.717) is 6.42 Å². The summed E-state index contributed by atoms with van der Waals surface area (Å²) in [5, 5.41) is 0. The smallest absolute Gasteiger partial charge is 0.419 e. The maximum atomic E-state index is 10.8. The minimum Gasteiger partial charge on any atom is -0.419 e. The van der Waals surface area contributed by atoms with Gasteiger partial charge in [-0.2, -0.15) is 0 Å². The summed E-state index contributed by atoms with van der Waals surface area (Å²) in [6.07, 6.45) is -0.834. The summed E-state index contributed by atoms with van der Waals surface area (Å²) in [5.74, 6) is 0.279. The summed E-state index contributed by atoms with van der Waals surface area (Å²) in [4.78, 5) is 10.8. The first kappa shape index (κ1) is 11.0. The largest absolute Gasteiger partial charge is 0.514 e. The summed E-state index contributed by atoms with van der Waals surface area (Å²) in [7, 11) is 3.02. The van der Waals surface area contributed by atoms with Crippen molar-refractivity contribution in [2.24, 2.45) is 0 Å². The zero-order valence-corrected chi connectivity index (χ0v) is 8.53. The van der Waals surface area contributed by atoms with Gasteiger partial charge in [0.2, 0.25) is 0 Å². The van der Waals surface area contributed by atoms with E-state index in [1.807, 2.05) is 0 Å². The van der Waals surface area contributed by atoms with E-state index in [2.05, 4.69) is 6.58 Å². The molecule has 0 spiro atoms. The standard InChI is InChI=1S/C9H14O5/c1-6-9(2,14-8(10)13-6)5-7(11-3)12-4/h7H,1,5H2,2-4H3. The van der Waals surface area contributed by atoms with Crippen LogP contribution >= 0.6 is 0 Å². The Kier molecular flexibility index (Phi) is 3.13. The quantitative estimate of drug-likeness (QED) is 0.510. The molecular formula is C9H14O5. The fourth-order valence-electron chi connectivity index (χ4n) is 1.21. The summed E-state index contributed by atoms with van der Waals surface area (Å²) in [6.45, 7) is 5.30. The third-order valence-electron chi connectivity index (χ3n) is 2.19. The van der Waals surface area contributed by atoms with Gasteiger partial charge in [0, 0.05) is 20.6 Å². The molecule has 1 unspecified atom stereocenters. The van der Waals surface area contributed by atoms with Crippen LogP contribution in [0.25, 0.3) is 0 Å². The van der Waals surface area contributed by atoms with Crippen molar-refractivity contribution >= 4 is 6.16 Å². The highest BCUT2D eigenvalue weighted by molar-refractivity contribution is 5.66. The Morgan fingerprint density at radius 3 is 2.43 bits per heavy atom. The molecule has 0 bridgehead atoms. The van der Waals surface area contributed by atoms with Gasteiger partial charge < -0.3 is 18.9 Å². The van der Waals surface area contributed by atoms with Crippen LogP contribution in [0.3, 0.4) is 0 Å². The summed E-state index contributed by atoms with van der Waals surface area (Å²) in [5.41, 5.74) is -0.867. The lowest BCUT2D eigenvalue weighted by atomic mass is 10.0. The first-order valence-electron chi connectivity index (χ1n) is 4.17. The Bertz CT molecular complexity index is 246. The highest BCUT2D eigenvalue weighted by Crippen LogP contribution is 2.33. The van der Waals surface area contributed by atoms with Gasteiger partial charge in [0.15, 0.2) is 11.9 Å². The van der Waals surface area contributed by atoms with Gasteiger partial charge >= 0.3 is 6.16 Å². The van der Waals surface area contributed by atoms with E-state index >= 15 is 0 Å². The Balaban J connectivity index is 2.66. The van der Waals surface area contributed by atoms with Gasteiger partial charge in [0.05, 0.1) is 0 Å². The van der Waals surface area contributed by atoms with Crippen molar-refractivity contribution in [1.82, 2.24) is 0 Å². The zero-order chi connectivity index (χ0) is 10.8. The summed E-state index contributed by atoms with van der Waals surface area (Å²) >= 11 is 0. The average molecular weight is 202 g/mol. The summed E-state index contributed by atoms with van der Waals surface area (Å²) in [6, 6.07) is 0. The van der Waals surface area contributed by atoms with Gasteiger partial charge in [-0.25, -0.2) is 4.79 Å². The fraction of sp³-hybridized carbons (Fsp3) is 0.667. The fourth-order valence-corrected chi connectivity index (χ4v) is 1.21. The van der Waals surface area contributed by atoms with Gasteiger partial charge in [-0.3, -0.25) is 0 Å². The van der Waals surface area contributed by atoms with E-state index in [-0.39, 0.29) is 5.76 Å². The molecule has 80 valence electrons. The molecule has 1 atom stereocenters. The van der Waals surface area contributed by atoms with Gasteiger partial charge in [0.1, 0.15) is 5.76 Å². The number of rotatable bonds is 4. The van der Waals surface area contributed by atoms with Crippen molar-refractivity contribution in [2.75, 3.05) is 14.2 Å². The van der Waals surface area contributed by atoms with E-state index in [0.717, 1.165) is 0 Å². The molecule has 1 heterocycles. The Morgan fingerprint density at radius 2 is 2.07 bits per heavy atom. The van der Waals surface area contributed by atoms with Gasteiger partial charge in [-0.15, -0.1) is 0 Å². The predicted octanol–water partition coefficient (Wildman–Crippen LogP) is 1.43.